The predicted octanol–water partition coefficient (Wildman–Crippen LogP) is 4.61. The highest BCUT2D eigenvalue weighted by Crippen LogP contribution is 2.38. The number of hydrogen-bond donors (Lipinski definition) is 0. The Morgan fingerprint density at radius 2 is 1.41 bits per heavy atom. The number of carbonyl (C=O) groups is 1. The highest BCUT2D eigenvalue weighted by atomic mass is 28.4. The molecule has 29 heavy (non-hydrogen) atoms. The van der Waals surface area contributed by atoms with Crippen molar-refractivity contribution in [1.29, 1.82) is 0 Å². The van der Waals surface area contributed by atoms with Gasteiger partial charge in [-0.3, -0.25) is 0 Å². The summed E-state index contributed by atoms with van der Waals surface area (Å²) in [5.74, 6) is -2.16. The molecular weight excluding hydrogens is 383 g/mol. The molecule has 0 heterocycles. The van der Waals surface area contributed by atoms with Gasteiger partial charge in [-0.15, -0.1) is 0 Å². The van der Waals surface area contributed by atoms with E-state index in [0.717, 1.165) is 10.4 Å². The van der Waals surface area contributed by atoms with Gasteiger partial charge in [0, 0.05) is 12.0 Å². The van der Waals surface area contributed by atoms with Crippen molar-refractivity contribution in [1.82, 2.24) is 0 Å². The highest BCUT2D eigenvalue weighted by molar-refractivity contribution is 6.99. The summed E-state index contributed by atoms with van der Waals surface area (Å²) in [6.45, 7) is 10.4. The lowest BCUT2D eigenvalue weighted by Gasteiger charge is -2.45. The second-order valence-corrected chi connectivity index (χ2v) is 12.6. The summed E-state index contributed by atoms with van der Waals surface area (Å²) in [6, 6.07) is 20.6. The lowest BCUT2D eigenvalue weighted by Crippen LogP contribution is -2.67. The molecule has 156 valence electrons. The van der Waals surface area contributed by atoms with E-state index in [2.05, 4.69) is 49.8 Å². The van der Waals surface area contributed by atoms with Gasteiger partial charge >= 0.3 is 5.97 Å². The van der Waals surface area contributed by atoms with Gasteiger partial charge in [0.25, 0.3) is 8.32 Å². The Hall–Kier alpha value is -2.24. The van der Waals surface area contributed by atoms with Gasteiger partial charge in [0.2, 0.25) is 5.83 Å². The number of methoxy groups -OCH3 is 1. The van der Waals surface area contributed by atoms with E-state index in [9.17, 15) is 9.18 Å². The standard InChI is InChI=1S/C24H31FO3Si/c1-18(17-22(25)23(26)27-6)19(2)28-29(24(3,4)5,20-13-9-7-10-14-20)21-15-11-8-12-16-21/h7-19H,1-6H3/t18-,19+/m1/s1. The molecule has 0 bridgehead atoms. The molecule has 2 atom stereocenters. The second-order valence-electron chi connectivity index (χ2n) is 8.35. The highest BCUT2D eigenvalue weighted by Gasteiger charge is 2.51. The number of rotatable bonds is 7. The van der Waals surface area contributed by atoms with Gasteiger partial charge in [0.05, 0.1) is 7.11 Å². The van der Waals surface area contributed by atoms with Crippen LogP contribution in [0, 0.1) is 5.92 Å². The molecule has 2 aromatic rings. The summed E-state index contributed by atoms with van der Waals surface area (Å²) in [5.41, 5.74) is 0. The number of carbonyl (C=O) groups excluding carboxylic acids is 1. The van der Waals surface area contributed by atoms with Crippen LogP contribution < -0.4 is 10.4 Å². The molecule has 0 unspecified atom stereocenters. The molecule has 0 fully saturated rings. The molecule has 2 aromatic carbocycles. The van der Waals surface area contributed by atoms with Gasteiger partial charge in [-0.1, -0.05) is 88.4 Å². The van der Waals surface area contributed by atoms with Gasteiger partial charge < -0.3 is 9.16 Å². The van der Waals surface area contributed by atoms with Crippen molar-refractivity contribution in [2.45, 2.75) is 45.8 Å². The maximum atomic E-state index is 14.1. The maximum Gasteiger partial charge on any atom is 0.366 e. The van der Waals surface area contributed by atoms with E-state index in [1.165, 1.54) is 13.2 Å². The molecule has 0 radical (unpaired) electrons. The third-order valence-electron chi connectivity index (χ3n) is 5.31. The summed E-state index contributed by atoms with van der Waals surface area (Å²) in [5, 5.41) is 2.15. The third kappa shape index (κ3) is 5.03. The predicted molar refractivity (Wildman–Crippen MR) is 119 cm³/mol. The molecule has 0 saturated heterocycles. The van der Waals surface area contributed by atoms with Gasteiger partial charge in [-0.05, 0) is 28.4 Å². The van der Waals surface area contributed by atoms with Crippen molar-refractivity contribution in [3.63, 3.8) is 0 Å². The van der Waals surface area contributed by atoms with Crippen LogP contribution >= 0.6 is 0 Å². The molecule has 0 saturated carbocycles. The SMILES string of the molecule is COC(=O)C(F)=C[C@@H](C)[C@H](C)O[Si](c1ccccc1)(c1ccccc1)C(C)(C)C. The van der Waals surface area contributed by atoms with Crippen molar-refractivity contribution in [3.8, 4) is 0 Å². The van der Waals surface area contributed by atoms with E-state index in [4.69, 9.17) is 4.43 Å². The molecule has 5 heteroatoms. The first-order chi connectivity index (χ1) is 13.6. The third-order valence-corrected chi connectivity index (χ3v) is 10.4. The Labute approximate surface area is 174 Å². The van der Waals surface area contributed by atoms with E-state index >= 15 is 0 Å². The molecule has 2 rings (SSSR count). The Balaban J connectivity index is 2.55. The summed E-state index contributed by atoms with van der Waals surface area (Å²) >= 11 is 0. The quantitative estimate of drug-likeness (QED) is 0.377. The molecule has 0 aliphatic rings. The largest absolute Gasteiger partial charge is 0.464 e. The number of ether oxygens (including phenoxy) is 1. The molecule has 0 N–H and O–H groups in total. The average molecular weight is 415 g/mol. The Bertz CT molecular complexity index is 789. The van der Waals surface area contributed by atoms with Gasteiger partial charge in [-0.2, -0.15) is 4.39 Å². The van der Waals surface area contributed by atoms with Crippen molar-refractivity contribution >= 4 is 24.7 Å². The van der Waals surface area contributed by atoms with Gasteiger partial charge in [0.1, 0.15) is 0 Å². The fraction of sp³-hybridized carbons (Fsp3) is 0.375. The van der Waals surface area contributed by atoms with Crippen LogP contribution in [0.15, 0.2) is 72.6 Å². The summed E-state index contributed by atoms with van der Waals surface area (Å²) < 4.78 is 25.5. The van der Waals surface area contributed by atoms with Crippen molar-refractivity contribution in [2.75, 3.05) is 7.11 Å². The minimum Gasteiger partial charge on any atom is -0.464 e. The zero-order valence-corrected chi connectivity index (χ0v) is 19.1. The number of halogens is 1. The molecule has 0 spiro atoms. The van der Waals surface area contributed by atoms with Crippen LogP contribution in [0.2, 0.25) is 5.04 Å². The molecule has 0 aliphatic heterocycles. The van der Waals surface area contributed by atoms with E-state index in [-0.39, 0.29) is 17.1 Å². The second kappa shape index (κ2) is 9.50. The molecule has 0 aromatic heterocycles. The first-order valence-electron chi connectivity index (χ1n) is 9.88. The van der Waals surface area contributed by atoms with Crippen molar-refractivity contribution in [3.05, 3.63) is 72.6 Å². The monoisotopic (exact) mass is 414 g/mol. The summed E-state index contributed by atoms with van der Waals surface area (Å²) in [6.07, 6.45) is 0.977. The van der Waals surface area contributed by atoms with Crippen LogP contribution in [0.5, 0.6) is 0 Å². The van der Waals surface area contributed by atoms with Crippen LogP contribution in [0.3, 0.4) is 0 Å². The molecular formula is C24H31FO3Si. The van der Waals surface area contributed by atoms with Crippen LogP contribution in [0.25, 0.3) is 0 Å². The zero-order valence-electron chi connectivity index (χ0n) is 18.1. The van der Waals surface area contributed by atoms with Crippen LogP contribution in [-0.2, 0) is 14.0 Å². The van der Waals surface area contributed by atoms with Crippen molar-refractivity contribution < 1.29 is 18.3 Å². The minimum absolute atomic E-state index is 0.172. The molecule has 0 aliphatic carbocycles. The fourth-order valence-electron chi connectivity index (χ4n) is 3.61. The fourth-order valence-corrected chi connectivity index (χ4v) is 8.40. The first kappa shape index (κ1) is 23.0. The number of benzene rings is 2. The van der Waals surface area contributed by atoms with E-state index in [1.54, 1.807) is 0 Å². The van der Waals surface area contributed by atoms with E-state index in [0.29, 0.717) is 0 Å². The maximum absolute atomic E-state index is 14.1. The lowest BCUT2D eigenvalue weighted by molar-refractivity contribution is -0.137. The van der Waals surface area contributed by atoms with Crippen LogP contribution in [-0.4, -0.2) is 27.5 Å². The number of esters is 1. The van der Waals surface area contributed by atoms with Crippen LogP contribution in [0.1, 0.15) is 34.6 Å². The van der Waals surface area contributed by atoms with Gasteiger partial charge in [-0.25, -0.2) is 4.79 Å². The summed E-state index contributed by atoms with van der Waals surface area (Å²) in [7, 11) is -1.56. The van der Waals surface area contributed by atoms with Crippen molar-refractivity contribution in [2.24, 2.45) is 5.92 Å². The normalized spacial score (nSPS) is 14.9. The van der Waals surface area contributed by atoms with E-state index < -0.39 is 20.1 Å². The smallest absolute Gasteiger partial charge is 0.366 e. The minimum atomic E-state index is -2.73. The van der Waals surface area contributed by atoms with Gasteiger partial charge in [0.15, 0.2) is 0 Å². The topological polar surface area (TPSA) is 35.5 Å². The molecule has 0 amide bonds. The van der Waals surface area contributed by atoms with E-state index in [1.807, 2.05) is 50.2 Å². The van der Waals surface area contributed by atoms with Crippen LogP contribution in [0.4, 0.5) is 4.39 Å². The average Bonchev–Trinajstić information content (AvgIpc) is 2.71. The zero-order chi connectivity index (χ0) is 21.7. The molecule has 3 nitrogen and oxygen atoms in total. The lowest BCUT2D eigenvalue weighted by atomic mass is 10.1. The Morgan fingerprint density at radius 3 is 1.79 bits per heavy atom. The Morgan fingerprint density at radius 1 is 0.966 bits per heavy atom. The first-order valence-corrected chi connectivity index (χ1v) is 11.8. The summed E-state index contributed by atoms with van der Waals surface area (Å²) in [4.78, 5) is 11.5. The number of hydrogen-bond acceptors (Lipinski definition) is 3. The Kier molecular flexibility index (Phi) is 7.55.